The largest absolute Gasteiger partial charge is 0.369 e. The Morgan fingerprint density at radius 1 is 1.35 bits per heavy atom. The van der Waals surface area contributed by atoms with E-state index in [4.69, 9.17) is 0 Å². The van der Waals surface area contributed by atoms with Gasteiger partial charge < -0.3 is 10.2 Å². The molecule has 2 rings (SSSR count). The van der Waals surface area contributed by atoms with E-state index >= 15 is 0 Å². The highest BCUT2D eigenvalue weighted by molar-refractivity contribution is 5.92. The molecular weight excluding hydrogens is 252 g/mol. The van der Waals surface area contributed by atoms with Crippen molar-refractivity contribution in [2.24, 2.45) is 5.92 Å². The number of hydrogen-bond acceptors (Lipinski definition) is 4. The number of anilines is 1. The highest BCUT2D eigenvalue weighted by atomic mass is 16.2. The van der Waals surface area contributed by atoms with E-state index < -0.39 is 0 Å². The van der Waals surface area contributed by atoms with E-state index in [0.29, 0.717) is 11.5 Å². The van der Waals surface area contributed by atoms with E-state index in [1.165, 1.54) is 12.8 Å². The fourth-order valence-corrected chi connectivity index (χ4v) is 2.73. The van der Waals surface area contributed by atoms with Crippen molar-refractivity contribution in [3.05, 3.63) is 18.1 Å². The van der Waals surface area contributed by atoms with Crippen molar-refractivity contribution in [2.75, 3.05) is 25.0 Å². The Labute approximate surface area is 120 Å². The Balaban J connectivity index is 1.96. The summed E-state index contributed by atoms with van der Waals surface area (Å²) in [7, 11) is 0. The van der Waals surface area contributed by atoms with Gasteiger partial charge in [-0.15, -0.1) is 0 Å². The van der Waals surface area contributed by atoms with Crippen LogP contribution in [0.1, 0.15) is 50.0 Å². The average Bonchev–Trinajstić information content (AvgIpc) is 2.48. The van der Waals surface area contributed by atoms with Crippen LogP contribution in [0.3, 0.4) is 0 Å². The summed E-state index contributed by atoms with van der Waals surface area (Å²) in [6.07, 6.45) is 7.93. The van der Waals surface area contributed by atoms with Crippen LogP contribution in [-0.2, 0) is 0 Å². The van der Waals surface area contributed by atoms with Crippen molar-refractivity contribution < 1.29 is 4.79 Å². The maximum absolute atomic E-state index is 12.4. The Morgan fingerprint density at radius 3 is 2.75 bits per heavy atom. The molecule has 5 heteroatoms. The van der Waals surface area contributed by atoms with E-state index in [0.717, 1.165) is 38.4 Å². The highest BCUT2D eigenvalue weighted by Gasteiger charge is 2.24. The third-order valence-corrected chi connectivity index (χ3v) is 3.81. The molecule has 0 atom stereocenters. The first kappa shape index (κ1) is 14.8. The van der Waals surface area contributed by atoms with Crippen LogP contribution in [0.4, 0.5) is 5.82 Å². The summed E-state index contributed by atoms with van der Waals surface area (Å²) in [5, 5.41) is 3.09. The number of nitrogens with zero attached hydrogens (tertiary/aromatic N) is 3. The van der Waals surface area contributed by atoms with Gasteiger partial charge in [-0.05, 0) is 25.7 Å². The minimum Gasteiger partial charge on any atom is -0.369 e. The summed E-state index contributed by atoms with van der Waals surface area (Å²) in [6.45, 7) is 6.68. The zero-order valence-corrected chi connectivity index (χ0v) is 12.4. The van der Waals surface area contributed by atoms with Gasteiger partial charge in [0.25, 0.3) is 5.91 Å². The molecule has 0 aromatic carbocycles. The van der Waals surface area contributed by atoms with Gasteiger partial charge in [-0.25, -0.2) is 4.98 Å². The van der Waals surface area contributed by atoms with Crippen molar-refractivity contribution in [1.29, 1.82) is 0 Å². The topological polar surface area (TPSA) is 58.1 Å². The minimum atomic E-state index is 0.00667. The van der Waals surface area contributed by atoms with Crippen LogP contribution in [0.25, 0.3) is 0 Å². The molecule has 1 saturated heterocycles. The fraction of sp³-hybridized carbons (Fsp3) is 0.667. The Bertz CT molecular complexity index is 441. The summed E-state index contributed by atoms with van der Waals surface area (Å²) >= 11 is 0. The zero-order valence-electron chi connectivity index (χ0n) is 12.4. The van der Waals surface area contributed by atoms with Crippen molar-refractivity contribution in [3.8, 4) is 0 Å². The van der Waals surface area contributed by atoms with Crippen LogP contribution >= 0.6 is 0 Å². The van der Waals surface area contributed by atoms with Gasteiger partial charge in [0.05, 0.1) is 12.4 Å². The molecule has 0 spiro atoms. The number of carbonyl (C=O) groups is 1. The number of amides is 1. The molecule has 0 radical (unpaired) electrons. The van der Waals surface area contributed by atoms with Crippen LogP contribution < -0.4 is 5.32 Å². The summed E-state index contributed by atoms with van der Waals surface area (Å²) in [5.74, 6) is 1.45. The molecule has 1 aliphatic heterocycles. The third kappa shape index (κ3) is 3.68. The molecule has 0 aliphatic carbocycles. The van der Waals surface area contributed by atoms with E-state index in [9.17, 15) is 4.79 Å². The first-order valence-electron chi connectivity index (χ1n) is 7.59. The van der Waals surface area contributed by atoms with Gasteiger partial charge in [0.1, 0.15) is 11.5 Å². The van der Waals surface area contributed by atoms with Gasteiger partial charge in [-0.1, -0.05) is 19.8 Å². The number of carbonyl (C=O) groups excluding carboxylic acids is 1. The van der Waals surface area contributed by atoms with Gasteiger partial charge in [0.15, 0.2) is 0 Å². The lowest BCUT2D eigenvalue weighted by Gasteiger charge is -2.31. The molecule has 1 N–H and O–H groups in total. The number of aromatic nitrogens is 2. The van der Waals surface area contributed by atoms with Gasteiger partial charge in [-0.3, -0.25) is 9.78 Å². The number of rotatable bonds is 5. The molecule has 5 nitrogen and oxygen atoms in total. The predicted molar refractivity (Wildman–Crippen MR) is 79.7 cm³/mol. The van der Waals surface area contributed by atoms with Gasteiger partial charge in [0.2, 0.25) is 0 Å². The van der Waals surface area contributed by atoms with Crippen molar-refractivity contribution in [3.63, 3.8) is 0 Å². The molecule has 0 unspecified atom stereocenters. The maximum atomic E-state index is 12.4. The molecule has 1 aromatic heterocycles. The lowest BCUT2D eigenvalue weighted by atomic mass is 9.92. The molecule has 1 fully saturated rings. The van der Waals surface area contributed by atoms with Crippen LogP contribution in [0.2, 0.25) is 0 Å². The van der Waals surface area contributed by atoms with Crippen molar-refractivity contribution in [2.45, 2.75) is 39.5 Å². The molecule has 2 heterocycles. The minimum absolute atomic E-state index is 0.00667. The maximum Gasteiger partial charge on any atom is 0.274 e. The molecule has 0 saturated carbocycles. The molecule has 20 heavy (non-hydrogen) atoms. The Morgan fingerprint density at radius 2 is 2.10 bits per heavy atom. The van der Waals surface area contributed by atoms with Gasteiger partial charge in [-0.2, -0.15) is 0 Å². The Kier molecular flexibility index (Phi) is 5.32. The first-order valence-corrected chi connectivity index (χ1v) is 7.59. The van der Waals surface area contributed by atoms with E-state index in [1.54, 1.807) is 12.4 Å². The van der Waals surface area contributed by atoms with Crippen LogP contribution in [0.15, 0.2) is 12.4 Å². The lowest BCUT2D eigenvalue weighted by Crippen LogP contribution is -2.38. The fourth-order valence-electron chi connectivity index (χ4n) is 2.73. The number of nitrogens with one attached hydrogen (secondary N) is 1. The molecular formula is C15H24N4O. The first-order chi connectivity index (χ1) is 9.74. The lowest BCUT2D eigenvalue weighted by molar-refractivity contribution is 0.0680. The summed E-state index contributed by atoms with van der Waals surface area (Å²) in [5.41, 5.74) is 0.442. The van der Waals surface area contributed by atoms with Crippen molar-refractivity contribution >= 4 is 11.7 Å². The Hall–Kier alpha value is -1.65. The standard InChI is InChI=1S/C15H24N4O/c1-3-5-12-6-8-19(9-7-12)15(20)13-10-16-11-14(18-13)17-4-2/h10-12H,3-9H2,1-2H3,(H,17,18). The summed E-state index contributed by atoms with van der Waals surface area (Å²) in [6, 6.07) is 0. The van der Waals surface area contributed by atoms with Crippen molar-refractivity contribution in [1.82, 2.24) is 14.9 Å². The van der Waals surface area contributed by atoms with Gasteiger partial charge in [0, 0.05) is 19.6 Å². The summed E-state index contributed by atoms with van der Waals surface area (Å²) in [4.78, 5) is 22.7. The summed E-state index contributed by atoms with van der Waals surface area (Å²) < 4.78 is 0. The monoisotopic (exact) mass is 276 g/mol. The molecule has 1 amide bonds. The quantitative estimate of drug-likeness (QED) is 0.898. The normalized spacial score (nSPS) is 16.2. The second-order valence-electron chi connectivity index (χ2n) is 5.34. The van der Waals surface area contributed by atoms with Crippen LogP contribution in [0, 0.1) is 5.92 Å². The van der Waals surface area contributed by atoms with Crippen LogP contribution in [0.5, 0.6) is 0 Å². The molecule has 0 bridgehead atoms. The highest BCUT2D eigenvalue weighted by Crippen LogP contribution is 2.22. The second-order valence-corrected chi connectivity index (χ2v) is 5.34. The van der Waals surface area contributed by atoms with Gasteiger partial charge >= 0.3 is 0 Å². The molecule has 110 valence electrons. The van der Waals surface area contributed by atoms with E-state index in [2.05, 4.69) is 22.2 Å². The number of likely N-dealkylation sites (tertiary alicyclic amines) is 1. The zero-order chi connectivity index (χ0) is 14.4. The van der Waals surface area contributed by atoms with Crippen LogP contribution in [-0.4, -0.2) is 40.4 Å². The molecule has 1 aliphatic rings. The predicted octanol–water partition coefficient (Wildman–Crippen LogP) is 2.56. The second kappa shape index (κ2) is 7.22. The smallest absolute Gasteiger partial charge is 0.274 e. The van der Waals surface area contributed by atoms with E-state index in [1.807, 2.05) is 11.8 Å². The number of piperidine rings is 1. The van der Waals surface area contributed by atoms with E-state index in [-0.39, 0.29) is 5.91 Å². The SMILES string of the molecule is CCCC1CCN(C(=O)c2cncc(NCC)n2)CC1. The average molecular weight is 276 g/mol. The molecule has 1 aromatic rings. The number of hydrogen-bond donors (Lipinski definition) is 1. The third-order valence-electron chi connectivity index (χ3n) is 3.81.